The largest absolute Gasteiger partial charge is 0.411 e. The average Bonchev–Trinajstić information content (AvgIpc) is 2.54. The average molecular weight is 280 g/mol. The smallest absolute Gasteiger partial charge is 0.231 e. The van der Waals surface area contributed by atoms with Crippen LogP contribution in [0.2, 0.25) is 0 Å². The van der Waals surface area contributed by atoms with Gasteiger partial charge in [-0.3, -0.25) is 4.79 Å². The van der Waals surface area contributed by atoms with Gasteiger partial charge in [-0.2, -0.15) is 0 Å². The number of hydrogen-bond acceptors (Lipinski definition) is 3. The van der Waals surface area contributed by atoms with Crippen molar-refractivity contribution in [3.05, 3.63) is 65.7 Å². The van der Waals surface area contributed by atoms with Crippen LogP contribution in [0.25, 0.3) is 0 Å². The summed E-state index contributed by atoms with van der Waals surface area (Å²) in [4.78, 5) is 14.3. The highest BCUT2D eigenvalue weighted by Crippen LogP contribution is 2.27. The van der Waals surface area contributed by atoms with Crippen LogP contribution in [0.15, 0.2) is 59.8 Å². The molecule has 0 radical (unpaired) electrons. The van der Waals surface area contributed by atoms with Gasteiger partial charge >= 0.3 is 0 Å². The minimum atomic E-state index is 0.0608. The molecule has 0 saturated heterocycles. The maximum absolute atomic E-state index is 12.5. The van der Waals surface area contributed by atoms with Crippen molar-refractivity contribution in [3.8, 4) is 0 Å². The molecule has 4 heteroatoms. The number of para-hydroxylation sites is 1. The monoisotopic (exact) mass is 280 g/mol. The minimum absolute atomic E-state index is 0.0608. The van der Waals surface area contributed by atoms with Gasteiger partial charge in [0.1, 0.15) is 0 Å². The summed E-state index contributed by atoms with van der Waals surface area (Å²) in [5.41, 5.74) is 3.28. The fraction of sp³-hybridized carbons (Fsp3) is 0.176. The van der Waals surface area contributed by atoms with Crippen molar-refractivity contribution < 1.29 is 10.0 Å². The quantitative estimate of drug-likeness (QED) is 0.679. The molecule has 0 spiro atoms. The molecule has 0 bridgehead atoms. The summed E-state index contributed by atoms with van der Waals surface area (Å²) in [7, 11) is 0. The number of hydrogen-bond donors (Lipinski definition) is 1. The van der Waals surface area contributed by atoms with Crippen molar-refractivity contribution in [2.45, 2.75) is 12.8 Å². The molecule has 2 aromatic rings. The van der Waals surface area contributed by atoms with Crippen LogP contribution >= 0.6 is 0 Å². The van der Waals surface area contributed by atoms with E-state index in [4.69, 9.17) is 5.21 Å². The van der Waals surface area contributed by atoms with Crippen LogP contribution in [0.5, 0.6) is 0 Å². The van der Waals surface area contributed by atoms with Crippen LogP contribution in [-0.2, 0) is 11.2 Å². The second-order valence-electron chi connectivity index (χ2n) is 5.02. The fourth-order valence-corrected chi connectivity index (χ4v) is 2.65. The highest BCUT2D eigenvalue weighted by Gasteiger charge is 2.25. The van der Waals surface area contributed by atoms with E-state index in [2.05, 4.69) is 5.16 Å². The lowest BCUT2D eigenvalue weighted by atomic mass is 9.99. The van der Waals surface area contributed by atoms with Crippen molar-refractivity contribution in [2.24, 2.45) is 5.16 Å². The lowest BCUT2D eigenvalue weighted by Gasteiger charge is -2.29. The first kappa shape index (κ1) is 13.4. The van der Waals surface area contributed by atoms with E-state index in [-0.39, 0.29) is 5.91 Å². The van der Waals surface area contributed by atoms with Gasteiger partial charge in [-0.15, -0.1) is 0 Å². The van der Waals surface area contributed by atoms with Crippen molar-refractivity contribution in [1.29, 1.82) is 0 Å². The van der Waals surface area contributed by atoms with Crippen LogP contribution in [0.3, 0.4) is 0 Å². The minimum Gasteiger partial charge on any atom is -0.411 e. The second kappa shape index (κ2) is 5.79. The number of benzene rings is 2. The van der Waals surface area contributed by atoms with E-state index in [1.807, 2.05) is 54.6 Å². The summed E-state index contributed by atoms with van der Waals surface area (Å²) in [6.07, 6.45) is 0.939. The third kappa shape index (κ3) is 2.65. The molecule has 0 aromatic heterocycles. The fourth-order valence-electron chi connectivity index (χ4n) is 2.65. The lowest BCUT2D eigenvalue weighted by Crippen LogP contribution is -2.38. The SMILES string of the molecule is O=C(Cc1ccccc1)N1CCC(=NO)c2ccccc21. The molecule has 3 rings (SSSR count). The number of carbonyl (C=O) groups excluding carboxylic acids is 1. The van der Waals surface area contributed by atoms with E-state index in [1.165, 1.54) is 0 Å². The van der Waals surface area contributed by atoms with Gasteiger partial charge in [0.05, 0.1) is 17.8 Å². The Labute approximate surface area is 123 Å². The highest BCUT2D eigenvalue weighted by atomic mass is 16.4. The molecule has 1 heterocycles. The maximum atomic E-state index is 12.5. The van der Waals surface area contributed by atoms with E-state index < -0.39 is 0 Å². The van der Waals surface area contributed by atoms with E-state index in [0.717, 1.165) is 16.8 Å². The van der Waals surface area contributed by atoms with Crippen LogP contribution in [0, 0.1) is 0 Å². The van der Waals surface area contributed by atoms with Gasteiger partial charge in [0.25, 0.3) is 0 Å². The number of anilines is 1. The number of oxime groups is 1. The summed E-state index contributed by atoms with van der Waals surface area (Å²) < 4.78 is 0. The van der Waals surface area contributed by atoms with Gasteiger partial charge in [-0.05, 0) is 11.6 Å². The molecule has 0 fully saturated rings. The van der Waals surface area contributed by atoms with Crippen molar-refractivity contribution in [2.75, 3.05) is 11.4 Å². The van der Waals surface area contributed by atoms with Crippen molar-refractivity contribution >= 4 is 17.3 Å². The molecule has 4 nitrogen and oxygen atoms in total. The zero-order chi connectivity index (χ0) is 14.7. The number of nitrogens with zero attached hydrogens (tertiary/aromatic N) is 2. The van der Waals surface area contributed by atoms with Gasteiger partial charge in [0.2, 0.25) is 5.91 Å². The summed E-state index contributed by atoms with van der Waals surface area (Å²) in [5.74, 6) is 0.0608. The van der Waals surface area contributed by atoms with E-state index in [0.29, 0.717) is 25.1 Å². The van der Waals surface area contributed by atoms with Crippen molar-refractivity contribution in [1.82, 2.24) is 0 Å². The van der Waals surface area contributed by atoms with Crippen LogP contribution < -0.4 is 4.90 Å². The molecule has 0 atom stereocenters. The molecular weight excluding hydrogens is 264 g/mol. The first-order chi connectivity index (χ1) is 10.3. The normalized spacial score (nSPS) is 15.8. The lowest BCUT2D eigenvalue weighted by molar-refractivity contribution is -0.118. The number of amides is 1. The Morgan fingerprint density at radius 1 is 1.10 bits per heavy atom. The van der Waals surface area contributed by atoms with Gasteiger partial charge < -0.3 is 10.1 Å². The Morgan fingerprint density at radius 3 is 2.57 bits per heavy atom. The Hall–Kier alpha value is -2.62. The Balaban J connectivity index is 1.88. The molecule has 1 amide bonds. The molecule has 106 valence electrons. The van der Waals surface area contributed by atoms with E-state index in [1.54, 1.807) is 4.90 Å². The summed E-state index contributed by atoms with van der Waals surface area (Å²) in [6.45, 7) is 0.544. The van der Waals surface area contributed by atoms with Gasteiger partial charge in [0, 0.05) is 18.5 Å². The molecular formula is C17H16N2O2. The molecule has 21 heavy (non-hydrogen) atoms. The molecule has 1 N–H and O–H groups in total. The summed E-state index contributed by atoms with van der Waals surface area (Å²) >= 11 is 0. The van der Waals surface area contributed by atoms with Gasteiger partial charge in [0.15, 0.2) is 0 Å². The topological polar surface area (TPSA) is 52.9 Å². The molecule has 0 unspecified atom stereocenters. The Bertz CT molecular complexity index is 680. The molecule has 0 saturated carbocycles. The maximum Gasteiger partial charge on any atom is 0.231 e. The first-order valence-electron chi connectivity index (χ1n) is 6.94. The van der Waals surface area contributed by atoms with E-state index >= 15 is 0 Å². The number of rotatable bonds is 2. The number of fused-ring (bicyclic) bond motifs is 1. The van der Waals surface area contributed by atoms with Gasteiger partial charge in [-0.1, -0.05) is 53.7 Å². The van der Waals surface area contributed by atoms with Crippen molar-refractivity contribution in [3.63, 3.8) is 0 Å². The molecule has 2 aromatic carbocycles. The van der Waals surface area contributed by atoms with Crippen LogP contribution in [0.4, 0.5) is 5.69 Å². The standard InChI is InChI=1S/C17H16N2O2/c20-17(12-13-6-2-1-3-7-13)19-11-10-15(18-21)14-8-4-5-9-16(14)19/h1-9,21H,10-12H2. The number of carbonyl (C=O) groups is 1. The molecule has 1 aliphatic heterocycles. The molecule has 0 aliphatic carbocycles. The zero-order valence-electron chi connectivity index (χ0n) is 11.6. The third-order valence-corrected chi connectivity index (χ3v) is 3.70. The predicted molar refractivity (Wildman–Crippen MR) is 81.9 cm³/mol. The third-order valence-electron chi connectivity index (χ3n) is 3.70. The van der Waals surface area contributed by atoms with Gasteiger partial charge in [-0.25, -0.2) is 0 Å². The first-order valence-corrected chi connectivity index (χ1v) is 6.94. The van der Waals surface area contributed by atoms with Crippen LogP contribution in [0.1, 0.15) is 17.5 Å². The zero-order valence-corrected chi connectivity index (χ0v) is 11.6. The predicted octanol–water partition coefficient (Wildman–Crippen LogP) is 2.84. The summed E-state index contributed by atoms with van der Waals surface area (Å²) in [6, 6.07) is 17.3. The Kier molecular flexibility index (Phi) is 3.69. The van der Waals surface area contributed by atoms with Crippen LogP contribution in [-0.4, -0.2) is 23.4 Å². The summed E-state index contributed by atoms with van der Waals surface area (Å²) in [5, 5.41) is 12.4. The highest BCUT2D eigenvalue weighted by molar-refractivity contribution is 6.11. The Morgan fingerprint density at radius 2 is 1.81 bits per heavy atom. The second-order valence-corrected chi connectivity index (χ2v) is 5.02. The molecule has 1 aliphatic rings. The van der Waals surface area contributed by atoms with E-state index in [9.17, 15) is 4.79 Å².